The second-order valence-corrected chi connectivity index (χ2v) is 6.11. The molecule has 0 saturated carbocycles. The van der Waals surface area contributed by atoms with Crippen LogP contribution in [0.1, 0.15) is 24.1 Å². The largest absolute Gasteiger partial charge is 0.469 e. The van der Waals surface area contributed by atoms with Crippen molar-refractivity contribution in [2.24, 2.45) is 0 Å². The van der Waals surface area contributed by atoms with Gasteiger partial charge in [-0.25, -0.2) is 13.1 Å². The summed E-state index contributed by atoms with van der Waals surface area (Å²) in [6.45, 7) is 4.95. The number of nitrogens with zero attached hydrogens (tertiary/aromatic N) is 1. The molecule has 0 radical (unpaired) electrons. The Bertz CT molecular complexity index is 624. The van der Waals surface area contributed by atoms with E-state index >= 15 is 0 Å². The van der Waals surface area contributed by atoms with Crippen molar-refractivity contribution >= 4 is 10.0 Å². The normalized spacial score (nSPS) is 13.6. The molecule has 0 unspecified atom stereocenters. The number of furan rings is 1. The second kappa shape index (κ2) is 5.18. The Morgan fingerprint density at radius 3 is 2.68 bits per heavy atom. The summed E-state index contributed by atoms with van der Waals surface area (Å²) < 4.78 is 37.1. The Labute approximate surface area is 111 Å². The highest BCUT2D eigenvalue weighted by atomic mass is 32.2. The van der Waals surface area contributed by atoms with E-state index in [0.29, 0.717) is 12.1 Å². The average molecular weight is 284 g/mol. The summed E-state index contributed by atoms with van der Waals surface area (Å²) in [6, 6.07) is 3.29. The number of rotatable bonds is 5. The zero-order chi connectivity index (χ0) is 14.0. The Balaban J connectivity index is 2.13. The predicted octanol–water partition coefficient (Wildman–Crippen LogP) is 1.79. The smallest absolute Gasteiger partial charge is 0.246 e. The van der Waals surface area contributed by atoms with Gasteiger partial charge in [-0.1, -0.05) is 5.16 Å². The molecule has 0 aromatic carbocycles. The molecule has 0 bridgehead atoms. The van der Waals surface area contributed by atoms with E-state index in [1.807, 2.05) is 0 Å². The van der Waals surface area contributed by atoms with E-state index < -0.39 is 10.0 Å². The predicted molar refractivity (Wildman–Crippen MR) is 68.2 cm³/mol. The van der Waals surface area contributed by atoms with E-state index in [0.717, 1.165) is 5.76 Å². The van der Waals surface area contributed by atoms with Crippen LogP contribution in [0.3, 0.4) is 0 Å². The van der Waals surface area contributed by atoms with Crippen LogP contribution in [-0.4, -0.2) is 19.6 Å². The zero-order valence-corrected chi connectivity index (χ0v) is 11.8. The van der Waals surface area contributed by atoms with Crippen LogP contribution in [0.4, 0.5) is 0 Å². The second-order valence-electron chi connectivity index (χ2n) is 4.46. The molecule has 104 valence electrons. The van der Waals surface area contributed by atoms with Gasteiger partial charge in [0.2, 0.25) is 10.0 Å². The van der Waals surface area contributed by atoms with Gasteiger partial charge in [-0.3, -0.25) is 0 Å². The van der Waals surface area contributed by atoms with E-state index in [1.54, 1.807) is 39.2 Å². The van der Waals surface area contributed by atoms with Crippen LogP contribution < -0.4 is 4.72 Å². The van der Waals surface area contributed by atoms with Crippen LogP contribution in [0.2, 0.25) is 0 Å². The molecule has 1 atom stereocenters. The summed E-state index contributed by atoms with van der Waals surface area (Å²) in [4.78, 5) is 0.110. The summed E-state index contributed by atoms with van der Waals surface area (Å²) in [5, 5.41) is 3.65. The summed E-state index contributed by atoms with van der Waals surface area (Å²) in [7, 11) is -3.63. The van der Waals surface area contributed by atoms with Crippen molar-refractivity contribution < 1.29 is 17.4 Å². The highest BCUT2D eigenvalue weighted by Crippen LogP contribution is 2.19. The molecule has 2 aromatic heterocycles. The third-order valence-corrected chi connectivity index (χ3v) is 4.51. The van der Waals surface area contributed by atoms with Gasteiger partial charge >= 0.3 is 0 Å². The first-order valence-corrected chi connectivity index (χ1v) is 7.36. The maximum absolute atomic E-state index is 12.2. The minimum atomic E-state index is -3.63. The molecule has 0 aliphatic heterocycles. The molecule has 2 heterocycles. The monoisotopic (exact) mass is 284 g/mol. The maximum atomic E-state index is 12.2. The van der Waals surface area contributed by atoms with Crippen LogP contribution in [0.5, 0.6) is 0 Å². The molecule has 2 rings (SSSR count). The van der Waals surface area contributed by atoms with Gasteiger partial charge in [0, 0.05) is 12.5 Å². The average Bonchev–Trinajstić information content (AvgIpc) is 2.88. The molecule has 6 nitrogen and oxygen atoms in total. The van der Waals surface area contributed by atoms with Crippen LogP contribution in [-0.2, 0) is 16.4 Å². The number of hydrogen-bond acceptors (Lipinski definition) is 5. The molecule has 0 spiro atoms. The number of aryl methyl sites for hydroxylation is 2. The van der Waals surface area contributed by atoms with Crippen molar-refractivity contribution in [1.29, 1.82) is 0 Å². The van der Waals surface area contributed by atoms with Crippen molar-refractivity contribution in [1.82, 2.24) is 9.88 Å². The number of aromatic nitrogens is 1. The van der Waals surface area contributed by atoms with Crippen LogP contribution in [0, 0.1) is 13.8 Å². The molecule has 7 heteroatoms. The Morgan fingerprint density at radius 1 is 1.42 bits per heavy atom. The Hall–Kier alpha value is -1.60. The SMILES string of the molecule is Cc1noc(C)c1S(=O)(=O)N[C@H](C)Cc1ccco1. The number of hydrogen-bond donors (Lipinski definition) is 1. The fourth-order valence-corrected chi connectivity index (χ4v) is 3.53. The lowest BCUT2D eigenvalue weighted by molar-refractivity contribution is 0.390. The lowest BCUT2D eigenvalue weighted by Crippen LogP contribution is -2.34. The molecule has 0 aliphatic carbocycles. The maximum Gasteiger partial charge on any atom is 0.246 e. The van der Waals surface area contributed by atoms with Crippen molar-refractivity contribution in [3.63, 3.8) is 0 Å². The van der Waals surface area contributed by atoms with Gasteiger partial charge in [-0.2, -0.15) is 0 Å². The molecule has 0 aliphatic rings. The molecule has 2 aromatic rings. The van der Waals surface area contributed by atoms with E-state index in [1.165, 1.54) is 0 Å². The first-order valence-electron chi connectivity index (χ1n) is 5.87. The molecular formula is C12H16N2O4S. The standard InChI is InChI=1S/C12H16N2O4S/c1-8(7-11-5-4-6-17-11)14-19(15,16)12-9(2)13-18-10(12)3/h4-6,8,14H,7H2,1-3H3/t8-/m1/s1. The highest BCUT2D eigenvalue weighted by molar-refractivity contribution is 7.89. The quantitative estimate of drug-likeness (QED) is 0.904. The zero-order valence-electron chi connectivity index (χ0n) is 11.0. The van der Waals surface area contributed by atoms with Gasteiger partial charge in [0.15, 0.2) is 5.76 Å². The minimum Gasteiger partial charge on any atom is -0.469 e. The first kappa shape index (κ1) is 13.8. The van der Waals surface area contributed by atoms with Gasteiger partial charge < -0.3 is 8.94 Å². The van der Waals surface area contributed by atoms with Gasteiger partial charge in [0.1, 0.15) is 16.3 Å². The summed E-state index contributed by atoms with van der Waals surface area (Å²) in [5.41, 5.74) is 0.357. The molecular weight excluding hydrogens is 268 g/mol. The van der Waals surface area contributed by atoms with Crippen molar-refractivity contribution in [2.45, 2.75) is 38.1 Å². The van der Waals surface area contributed by atoms with Crippen LogP contribution in [0.25, 0.3) is 0 Å². The Kier molecular flexibility index (Phi) is 3.77. The minimum absolute atomic E-state index is 0.110. The first-order chi connectivity index (χ1) is 8.90. The van der Waals surface area contributed by atoms with Crippen molar-refractivity contribution in [3.05, 3.63) is 35.6 Å². The molecule has 0 saturated heterocycles. The van der Waals surface area contributed by atoms with E-state index in [4.69, 9.17) is 8.94 Å². The van der Waals surface area contributed by atoms with Gasteiger partial charge in [0.05, 0.1) is 6.26 Å². The van der Waals surface area contributed by atoms with Gasteiger partial charge in [-0.15, -0.1) is 0 Å². The van der Waals surface area contributed by atoms with Crippen molar-refractivity contribution in [3.8, 4) is 0 Å². The van der Waals surface area contributed by atoms with E-state index in [-0.39, 0.29) is 16.7 Å². The van der Waals surface area contributed by atoms with E-state index in [2.05, 4.69) is 9.88 Å². The lowest BCUT2D eigenvalue weighted by atomic mass is 10.2. The fourth-order valence-electron chi connectivity index (χ4n) is 1.95. The van der Waals surface area contributed by atoms with Gasteiger partial charge in [-0.05, 0) is 32.9 Å². The Morgan fingerprint density at radius 2 is 2.16 bits per heavy atom. The molecule has 1 N–H and O–H groups in total. The van der Waals surface area contributed by atoms with Crippen molar-refractivity contribution in [2.75, 3.05) is 0 Å². The highest BCUT2D eigenvalue weighted by Gasteiger charge is 2.25. The molecule has 0 amide bonds. The van der Waals surface area contributed by atoms with Crippen LogP contribution >= 0.6 is 0 Å². The summed E-state index contributed by atoms with van der Waals surface area (Å²) >= 11 is 0. The van der Waals surface area contributed by atoms with Crippen LogP contribution in [0.15, 0.2) is 32.2 Å². The third kappa shape index (κ3) is 3.05. The third-order valence-electron chi connectivity index (χ3n) is 2.68. The number of sulfonamides is 1. The topological polar surface area (TPSA) is 85.3 Å². The summed E-state index contributed by atoms with van der Waals surface area (Å²) in [5.74, 6) is 1.02. The molecule has 0 fully saturated rings. The fraction of sp³-hybridized carbons (Fsp3) is 0.417. The lowest BCUT2D eigenvalue weighted by Gasteiger charge is -2.12. The summed E-state index contributed by atoms with van der Waals surface area (Å²) in [6.07, 6.45) is 2.04. The van der Waals surface area contributed by atoms with Gasteiger partial charge in [0.25, 0.3) is 0 Å². The van der Waals surface area contributed by atoms with E-state index in [9.17, 15) is 8.42 Å². The molecule has 19 heavy (non-hydrogen) atoms. The number of nitrogens with one attached hydrogen (secondary N) is 1.